The molecule has 134 valence electrons. The fourth-order valence-corrected chi connectivity index (χ4v) is 5.10. The number of carbonyl (C=O) groups is 3. The minimum atomic E-state index is -0.896. The third-order valence-corrected chi connectivity index (χ3v) is 6.75. The highest BCUT2D eigenvalue weighted by Gasteiger charge is 2.51. The van der Waals surface area contributed by atoms with Crippen LogP contribution in [0.25, 0.3) is 0 Å². The second kappa shape index (κ2) is 6.82. The molecule has 0 aromatic heterocycles. The Labute approximate surface area is 144 Å². The van der Waals surface area contributed by atoms with Crippen molar-refractivity contribution in [3.63, 3.8) is 0 Å². The van der Waals surface area contributed by atoms with Crippen molar-refractivity contribution < 1.29 is 18.6 Å². The molecule has 2 aliphatic heterocycles. The van der Waals surface area contributed by atoms with Crippen LogP contribution in [0.4, 0.5) is 4.79 Å². The molecule has 3 aliphatic rings. The lowest BCUT2D eigenvalue weighted by Crippen LogP contribution is -2.50. The molecule has 24 heavy (non-hydrogen) atoms. The second-order valence-electron chi connectivity index (χ2n) is 7.04. The van der Waals surface area contributed by atoms with Gasteiger partial charge >= 0.3 is 6.03 Å². The Bertz CT molecular complexity index is 574. The average Bonchev–Trinajstić information content (AvgIpc) is 2.69. The third kappa shape index (κ3) is 3.20. The van der Waals surface area contributed by atoms with E-state index in [1.807, 2.05) is 6.92 Å². The van der Waals surface area contributed by atoms with Crippen LogP contribution in [-0.2, 0) is 20.4 Å². The summed E-state index contributed by atoms with van der Waals surface area (Å²) in [5.74, 6) is 0.557. The van der Waals surface area contributed by atoms with Gasteiger partial charge in [-0.15, -0.1) is 0 Å². The van der Waals surface area contributed by atoms with Crippen molar-refractivity contribution in [3.8, 4) is 0 Å². The number of rotatable bonds is 2. The quantitative estimate of drug-likeness (QED) is 0.735. The highest BCUT2D eigenvalue weighted by atomic mass is 32.2. The Morgan fingerprint density at radius 3 is 2.67 bits per heavy atom. The van der Waals surface area contributed by atoms with Crippen molar-refractivity contribution in [2.24, 2.45) is 0 Å². The molecule has 7 nitrogen and oxygen atoms in total. The summed E-state index contributed by atoms with van der Waals surface area (Å²) in [4.78, 5) is 40.4. The molecule has 1 spiro atoms. The first kappa shape index (κ1) is 17.4. The van der Waals surface area contributed by atoms with E-state index in [9.17, 15) is 18.6 Å². The molecule has 2 heterocycles. The van der Waals surface area contributed by atoms with Gasteiger partial charge in [-0.05, 0) is 26.2 Å². The summed E-state index contributed by atoms with van der Waals surface area (Å²) in [6.07, 6.45) is 4.91. The number of nitrogens with one attached hydrogen (secondary N) is 1. The Kier molecular flexibility index (Phi) is 4.94. The van der Waals surface area contributed by atoms with Crippen LogP contribution in [0.1, 0.15) is 45.4 Å². The molecule has 8 heteroatoms. The largest absolute Gasteiger partial charge is 0.337 e. The summed E-state index contributed by atoms with van der Waals surface area (Å²) in [5.41, 5.74) is -0.790. The van der Waals surface area contributed by atoms with Gasteiger partial charge in [0, 0.05) is 34.9 Å². The van der Waals surface area contributed by atoms with Gasteiger partial charge in [0.15, 0.2) is 0 Å². The molecule has 1 aliphatic carbocycles. The van der Waals surface area contributed by atoms with Crippen LogP contribution in [0.15, 0.2) is 0 Å². The SMILES string of the molecule is C[C@H]1CC[S@](=O)CCN1C(=O)CN1C(=O)NC2(CCCCC2)C1=O. The van der Waals surface area contributed by atoms with E-state index in [4.69, 9.17) is 0 Å². The van der Waals surface area contributed by atoms with Gasteiger partial charge in [0.25, 0.3) is 5.91 Å². The van der Waals surface area contributed by atoms with Crippen LogP contribution in [0, 0.1) is 0 Å². The lowest BCUT2D eigenvalue weighted by atomic mass is 9.82. The van der Waals surface area contributed by atoms with Crippen molar-refractivity contribution >= 4 is 28.6 Å². The first-order valence-electron chi connectivity index (χ1n) is 8.71. The maximum Gasteiger partial charge on any atom is 0.325 e. The zero-order valence-electron chi connectivity index (χ0n) is 14.1. The minimum Gasteiger partial charge on any atom is -0.337 e. The highest BCUT2D eigenvalue weighted by Crippen LogP contribution is 2.33. The van der Waals surface area contributed by atoms with E-state index in [0.717, 1.165) is 24.2 Å². The van der Waals surface area contributed by atoms with Gasteiger partial charge in [-0.2, -0.15) is 0 Å². The fraction of sp³-hybridized carbons (Fsp3) is 0.812. The number of urea groups is 1. The summed E-state index contributed by atoms with van der Waals surface area (Å²) in [6, 6.07) is -0.477. The van der Waals surface area contributed by atoms with E-state index in [0.29, 0.717) is 37.3 Å². The smallest absolute Gasteiger partial charge is 0.325 e. The molecule has 0 radical (unpaired) electrons. The van der Waals surface area contributed by atoms with E-state index in [1.165, 1.54) is 0 Å². The van der Waals surface area contributed by atoms with Crippen LogP contribution in [0.5, 0.6) is 0 Å². The molecule has 4 amide bonds. The maximum absolute atomic E-state index is 12.7. The Morgan fingerprint density at radius 2 is 1.96 bits per heavy atom. The van der Waals surface area contributed by atoms with Gasteiger partial charge < -0.3 is 10.2 Å². The molecular formula is C16H25N3O4S. The highest BCUT2D eigenvalue weighted by molar-refractivity contribution is 7.85. The van der Waals surface area contributed by atoms with Gasteiger partial charge in [-0.25, -0.2) is 4.79 Å². The molecule has 3 fully saturated rings. The summed E-state index contributed by atoms with van der Waals surface area (Å²) in [6.45, 7) is 2.12. The standard InChI is InChI=1S/C16H25N3O4S/c1-12-5-9-24(23)10-8-18(12)13(20)11-19-14(21)16(17-15(19)22)6-3-2-4-7-16/h12H,2-11H2,1H3,(H,17,22)/t12-,24-/m0/s1. The number of carbonyl (C=O) groups excluding carboxylic acids is 3. The maximum atomic E-state index is 12.7. The van der Waals surface area contributed by atoms with E-state index < -0.39 is 22.4 Å². The monoisotopic (exact) mass is 355 g/mol. The van der Waals surface area contributed by atoms with E-state index >= 15 is 0 Å². The lowest BCUT2D eigenvalue weighted by molar-refractivity contribution is -0.140. The molecule has 0 bridgehead atoms. The van der Waals surface area contributed by atoms with Crippen LogP contribution < -0.4 is 5.32 Å². The number of amides is 4. The van der Waals surface area contributed by atoms with Gasteiger partial charge in [-0.1, -0.05) is 19.3 Å². The van der Waals surface area contributed by atoms with Crippen LogP contribution >= 0.6 is 0 Å². The summed E-state index contributed by atoms with van der Waals surface area (Å²) >= 11 is 0. The molecule has 1 saturated carbocycles. The predicted octanol–water partition coefficient (Wildman–Crippen LogP) is 0.611. The molecule has 1 N–H and O–H groups in total. The summed E-state index contributed by atoms with van der Waals surface area (Å²) < 4.78 is 11.7. The van der Waals surface area contributed by atoms with Crippen molar-refractivity contribution in [1.29, 1.82) is 0 Å². The molecule has 2 saturated heterocycles. The Morgan fingerprint density at radius 1 is 1.25 bits per heavy atom. The Balaban J connectivity index is 1.68. The zero-order chi connectivity index (χ0) is 17.3. The molecule has 3 rings (SSSR count). The lowest BCUT2D eigenvalue weighted by Gasteiger charge is -2.31. The zero-order valence-corrected chi connectivity index (χ0v) is 14.9. The number of hydrogen-bond acceptors (Lipinski definition) is 4. The number of nitrogens with zero attached hydrogens (tertiary/aromatic N) is 2. The van der Waals surface area contributed by atoms with E-state index in [1.54, 1.807) is 4.90 Å². The summed E-state index contributed by atoms with van der Waals surface area (Å²) in [7, 11) is -0.896. The van der Waals surface area contributed by atoms with Crippen molar-refractivity contribution in [2.45, 2.75) is 57.0 Å². The van der Waals surface area contributed by atoms with E-state index in [-0.39, 0.29) is 24.4 Å². The first-order chi connectivity index (χ1) is 11.4. The van der Waals surface area contributed by atoms with Gasteiger partial charge in [0.2, 0.25) is 5.91 Å². The molecule has 0 unspecified atom stereocenters. The van der Waals surface area contributed by atoms with Crippen LogP contribution in [0.3, 0.4) is 0 Å². The molecule has 0 aromatic rings. The van der Waals surface area contributed by atoms with Crippen molar-refractivity contribution in [2.75, 3.05) is 24.6 Å². The van der Waals surface area contributed by atoms with Crippen LogP contribution in [0.2, 0.25) is 0 Å². The van der Waals surface area contributed by atoms with Gasteiger partial charge in [0.1, 0.15) is 12.1 Å². The van der Waals surface area contributed by atoms with Crippen molar-refractivity contribution in [3.05, 3.63) is 0 Å². The van der Waals surface area contributed by atoms with E-state index in [2.05, 4.69) is 5.32 Å². The first-order valence-corrected chi connectivity index (χ1v) is 10.2. The summed E-state index contributed by atoms with van der Waals surface area (Å²) in [5, 5.41) is 2.83. The van der Waals surface area contributed by atoms with Crippen LogP contribution in [-0.4, -0.2) is 68.0 Å². The van der Waals surface area contributed by atoms with Gasteiger partial charge in [-0.3, -0.25) is 18.7 Å². The topological polar surface area (TPSA) is 86.8 Å². The third-order valence-electron chi connectivity index (χ3n) is 5.42. The molecule has 0 aromatic carbocycles. The van der Waals surface area contributed by atoms with Crippen molar-refractivity contribution in [1.82, 2.24) is 15.1 Å². The molecular weight excluding hydrogens is 330 g/mol. The Hall–Kier alpha value is -1.44. The normalized spacial score (nSPS) is 30.4. The number of hydrogen-bond donors (Lipinski definition) is 1. The molecule has 2 atom stereocenters. The predicted molar refractivity (Wildman–Crippen MR) is 89.7 cm³/mol. The average molecular weight is 355 g/mol. The number of imide groups is 1. The second-order valence-corrected chi connectivity index (χ2v) is 8.73. The minimum absolute atomic E-state index is 0.0200. The fourth-order valence-electron chi connectivity index (χ4n) is 3.89. The van der Waals surface area contributed by atoms with Gasteiger partial charge in [0.05, 0.1) is 0 Å².